The van der Waals surface area contributed by atoms with Crippen molar-refractivity contribution in [2.24, 2.45) is 34.5 Å². The highest BCUT2D eigenvalue weighted by atomic mass is 16.5. The summed E-state index contributed by atoms with van der Waals surface area (Å²) < 4.78 is 5.54. The predicted octanol–water partition coefficient (Wildman–Crippen LogP) is 5.68. The van der Waals surface area contributed by atoms with Crippen molar-refractivity contribution >= 4 is 5.97 Å². The largest absolute Gasteiger partial charge is 0.458 e. The first-order valence-electron chi connectivity index (χ1n) is 10.3. The average molecular weight is 343 g/mol. The van der Waals surface area contributed by atoms with Gasteiger partial charge in [-0.3, -0.25) is 4.79 Å². The van der Waals surface area contributed by atoms with E-state index in [1.165, 1.54) is 51.0 Å². The minimum absolute atomic E-state index is 0.000287. The van der Waals surface area contributed by atoms with Crippen LogP contribution in [-0.2, 0) is 9.53 Å². The third-order valence-electron chi connectivity index (χ3n) is 8.66. The number of hydrogen-bond donors (Lipinski definition) is 0. The Bertz CT molecular complexity index is 632. The van der Waals surface area contributed by atoms with Crippen LogP contribution in [0.5, 0.6) is 0 Å². The molecule has 0 aromatic rings. The van der Waals surface area contributed by atoms with Crippen LogP contribution in [0.15, 0.2) is 23.8 Å². The zero-order valence-electron chi connectivity index (χ0n) is 16.4. The smallest absolute Gasteiger partial charge is 0.303 e. The summed E-state index contributed by atoms with van der Waals surface area (Å²) in [4.78, 5) is 11.4. The normalized spacial score (nSPS) is 48.9. The van der Waals surface area contributed by atoms with Crippen LogP contribution in [0.2, 0.25) is 0 Å². The minimum atomic E-state index is -0.148. The number of ether oxygens (including phenoxy) is 1. The van der Waals surface area contributed by atoms with Crippen molar-refractivity contribution < 1.29 is 9.53 Å². The summed E-state index contributed by atoms with van der Waals surface area (Å²) in [6, 6.07) is 0. The topological polar surface area (TPSA) is 26.3 Å². The lowest BCUT2D eigenvalue weighted by atomic mass is 9.45. The number of fused-ring (bicyclic) bond motifs is 5. The third kappa shape index (κ3) is 2.46. The maximum atomic E-state index is 11.4. The molecule has 0 saturated heterocycles. The molecule has 138 valence electrons. The molecule has 0 aromatic heterocycles. The van der Waals surface area contributed by atoms with E-state index in [4.69, 9.17) is 4.74 Å². The molecule has 4 aliphatic carbocycles. The van der Waals surface area contributed by atoms with E-state index in [1.54, 1.807) is 5.57 Å². The van der Waals surface area contributed by atoms with Gasteiger partial charge in [-0.05, 0) is 85.5 Å². The van der Waals surface area contributed by atoms with Crippen molar-refractivity contribution in [2.45, 2.75) is 78.7 Å². The van der Waals surface area contributed by atoms with E-state index < -0.39 is 0 Å². The molecule has 3 saturated carbocycles. The summed E-state index contributed by atoms with van der Waals surface area (Å²) in [7, 11) is 0. The summed E-state index contributed by atoms with van der Waals surface area (Å²) in [5, 5.41) is 0. The van der Waals surface area contributed by atoms with E-state index in [-0.39, 0.29) is 12.1 Å². The van der Waals surface area contributed by atoms with Gasteiger partial charge in [0.1, 0.15) is 6.10 Å². The molecule has 2 nitrogen and oxygen atoms in total. The van der Waals surface area contributed by atoms with Crippen LogP contribution in [0.25, 0.3) is 0 Å². The predicted molar refractivity (Wildman–Crippen MR) is 101 cm³/mol. The van der Waals surface area contributed by atoms with Gasteiger partial charge in [-0.15, -0.1) is 0 Å². The summed E-state index contributed by atoms with van der Waals surface area (Å²) in [5.74, 6) is 2.95. The van der Waals surface area contributed by atoms with Gasteiger partial charge in [0, 0.05) is 6.92 Å². The molecule has 4 rings (SSSR count). The average Bonchev–Trinajstić information content (AvgIpc) is 2.84. The zero-order chi connectivity index (χ0) is 18.0. The monoisotopic (exact) mass is 342 g/mol. The number of rotatable bonds is 1. The van der Waals surface area contributed by atoms with E-state index >= 15 is 0 Å². The van der Waals surface area contributed by atoms with Crippen molar-refractivity contribution in [1.29, 1.82) is 0 Å². The highest BCUT2D eigenvalue weighted by molar-refractivity contribution is 5.66. The maximum Gasteiger partial charge on any atom is 0.303 e. The Morgan fingerprint density at radius 2 is 1.84 bits per heavy atom. The zero-order valence-corrected chi connectivity index (χ0v) is 16.4. The molecular formula is C23H34O2. The number of carbonyl (C=O) groups is 1. The number of esters is 1. The molecule has 7 atom stereocenters. The first kappa shape index (κ1) is 17.4. The highest BCUT2D eigenvalue weighted by Gasteiger charge is 2.58. The summed E-state index contributed by atoms with van der Waals surface area (Å²) in [6.07, 6.45) is 11.1. The summed E-state index contributed by atoms with van der Waals surface area (Å²) in [6.45, 7) is 13.4. The Morgan fingerprint density at radius 1 is 1.16 bits per heavy atom. The molecule has 0 heterocycles. The van der Waals surface area contributed by atoms with E-state index in [1.807, 2.05) is 0 Å². The van der Waals surface area contributed by atoms with Crippen molar-refractivity contribution in [3.05, 3.63) is 23.8 Å². The number of carbonyl (C=O) groups excluding carboxylic acids is 1. The molecule has 0 spiro atoms. The van der Waals surface area contributed by atoms with Crippen LogP contribution < -0.4 is 0 Å². The van der Waals surface area contributed by atoms with Crippen LogP contribution in [0, 0.1) is 34.5 Å². The standard InChI is InChI=1S/C23H34O2/c1-14-12-18-19-7-6-15(2)22(19,4)11-9-20(18)23(5)10-8-17(13-21(14)23)25-16(3)24/h13-14,17-20H,2,6-12H2,1,3-5H3/t14?,17?,18?,19?,20?,22-,23-/m1/s1. The first-order valence-corrected chi connectivity index (χ1v) is 10.3. The molecule has 0 bridgehead atoms. The van der Waals surface area contributed by atoms with Crippen LogP contribution >= 0.6 is 0 Å². The van der Waals surface area contributed by atoms with Gasteiger partial charge in [-0.1, -0.05) is 38.5 Å². The van der Waals surface area contributed by atoms with Gasteiger partial charge in [0.25, 0.3) is 0 Å². The van der Waals surface area contributed by atoms with Gasteiger partial charge in [0.15, 0.2) is 0 Å². The molecule has 0 aliphatic heterocycles. The maximum absolute atomic E-state index is 11.4. The minimum Gasteiger partial charge on any atom is -0.458 e. The van der Waals surface area contributed by atoms with Crippen LogP contribution in [-0.4, -0.2) is 12.1 Å². The molecule has 4 aliphatic rings. The van der Waals surface area contributed by atoms with E-state index in [0.717, 1.165) is 24.2 Å². The van der Waals surface area contributed by atoms with E-state index in [0.29, 0.717) is 16.7 Å². The van der Waals surface area contributed by atoms with Crippen molar-refractivity contribution in [2.75, 3.05) is 0 Å². The lowest BCUT2D eigenvalue weighted by Gasteiger charge is -2.59. The summed E-state index contributed by atoms with van der Waals surface area (Å²) in [5.41, 5.74) is 3.82. The fourth-order valence-corrected chi connectivity index (χ4v) is 7.34. The Morgan fingerprint density at radius 3 is 2.56 bits per heavy atom. The lowest BCUT2D eigenvalue weighted by molar-refractivity contribution is -0.145. The quantitative estimate of drug-likeness (QED) is 0.452. The fraction of sp³-hybridized carbons (Fsp3) is 0.783. The first-order chi connectivity index (χ1) is 11.8. The number of allylic oxidation sites excluding steroid dienone is 2. The Labute approximate surface area is 153 Å². The van der Waals surface area contributed by atoms with Gasteiger partial charge in [-0.2, -0.15) is 0 Å². The van der Waals surface area contributed by atoms with Crippen molar-refractivity contribution in [3.63, 3.8) is 0 Å². The van der Waals surface area contributed by atoms with Gasteiger partial charge in [-0.25, -0.2) is 0 Å². The van der Waals surface area contributed by atoms with Gasteiger partial charge >= 0.3 is 5.97 Å². The molecule has 0 radical (unpaired) electrons. The van der Waals surface area contributed by atoms with Gasteiger partial charge < -0.3 is 4.74 Å². The Kier molecular flexibility index (Phi) is 3.98. The molecule has 2 heteroatoms. The molecular weight excluding hydrogens is 308 g/mol. The van der Waals surface area contributed by atoms with Crippen LogP contribution in [0.4, 0.5) is 0 Å². The Balaban J connectivity index is 1.66. The second-order valence-corrected chi connectivity index (χ2v) is 9.84. The van der Waals surface area contributed by atoms with Crippen molar-refractivity contribution in [1.82, 2.24) is 0 Å². The molecule has 25 heavy (non-hydrogen) atoms. The molecule has 0 aromatic carbocycles. The van der Waals surface area contributed by atoms with Gasteiger partial charge in [0.05, 0.1) is 0 Å². The van der Waals surface area contributed by atoms with Crippen LogP contribution in [0.3, 0.4) is 0 Å². The molecule has 0 N–H and O–H groups in total. The van der Waals surface area contributed by atoms with Gasteiger partial charge in [0.2, 0.25) is 0 Å². The highest BCUT2D eigenvalue weighted by Crippen LogP contribution is 2.67. The number of hydrogen-bond acceptors (Lipinski definition) is 2. The van der Waals surface area contributed by atoms with E-state index in [9.17, 15) is 4.79 Å². The van der Waals surface area contributed by atoms with E-state index in [2.05, 4.69) is 33.4 Å². The molecule has 0 amide bonds. The third-order valence-corrected chi connectivity index (χ3v) is 8.66. The van der Waals surface area contributed by atoms with Crippen LogP contribution in [0.1, 0.15) is 72.6 Å². The fourth-order valence-electron chi connectivity index (χ4n) is 7.34. The SMILES string of the molecule is C=C1CCC2C3CC(C)C4=CC(OC(C)=O)CC[C@]4(C)C3CC[C@]12C. The second kappa shape index (κ2) is 5.72. The van der Waals surface area contributed by atoms with Crippen molar-refractivity contribution in [3.8, 4) is 0 Å². The lowest BCUT2D eigenvalue weighted by Crippen LogP contribution is -2.51. The molecule has 3 fully saturated rings. The molecule has 5 unspecified atom stereocenters. The second-order valence-electron chi connectivity index (χ2n) is 9.84. The Hall–Kier alpha value is -1.05. The summed E-state index contributed by atoms with van der Waals surface area (Å²) >= 11 is 0.